The Balaban J connectivity index is 1.99. The molecule has 0 fully saturated rings. The molecule has 6 heteroatoms. The van der Waals surface area contributed by atoms with Gasteiger partial charge in [-0.3, -0.25) is 0 Å². The van der Waals surface area contributed by atoms with Crippen LogP contribution >= 0.6 is 0 Å². The zero-order valence-corrected chi connectivity index (χ0v) is 13.0. The minimum absolute atomic E-state index is 0.308. The standard InChI is InChI=1S/C15H24N4O2/c1-4-9-20-14-17-13(16-3)18-15(19-14)21-10-12-8-6-5-7-11(12)2/h5-6,11-12H,4,7-10H2,1-3H3,(H,16,17,18,19). The number of hydrogen-bond acceptors (Lipinski definition) is 6. The molecule has 1 aromatic heterocycles. The highest BCUT2D eigenvalue weighted by Gasteiger charge is 2.19. The van der Waals surface area contributed by atoms with Gasteiger partial charge in [0, 0.05) is 7.05 Å². The first-order valence-corrected chi connectivity index (χ1v) is 7.57. The molecule has 0 saturated heterocycles. The van der Waals surface area contributed by atoms with Crippen molar-refractivity contribution >= 4 is 5.95 Å². The Morgan fingerprint density at radius 2 is 1.86 bits per heavy atom. The van der Waals surface area contributed by atoms with Crippen molar-refractivity contribution in [2.75, 3.05) is 25.6 Å². The smallest absolute Gasteiger partial charge is 0.324 e. The molecular weight excluding hydrogens is 268 g/mol. The number of aromatic nitrogens is 3. The molecule has 1 heterocycles. The summed E-state index contributed by atoms with van der Waals surface area (Å²) in [6.07, 6.45) is 7.51. The van der Waals surface area contributed by atoms with Crippen LogP contribution in [0.4, 0.5) is 5.95 Å². The van der Waals surface area contributed by atoms with E-state index in [4.69, 9.17) is 9.47 Å². The van der Waals surface area contributed by atoms with Gasteiger partial charge >= 0.3 is 12.0 Å². The number of hydrogen-bond donors (Lipinski definition) is 1. The minimum atomic E-state index is 0.308. The fourth-order valence-electron chi connectivity index (χ4n) is 2.19. The van der Waals surface area contributed by atoms with E-state index >= 15 is 0 Å². The second-order valence-corrected chi connectivity index (χ2v) is 5.31. The lowest BCUT2D eigenvalue weighted by molar-refractivity contribution is 0.182. The molecule has 1 aliphatic carbocycles. The molecule has 2 atom stereocenters. The van der Waals surface area contributed by atoms with E-state index in [-0.39, 0.29) is 0 Å². The van der Waals surface area contributed by atoms with Crippen molar-refractivity contribution in [3.05, 3.63) is 12.2 Å². The molecule has 6 nitrogen and oxygen atoms in total. The zero-order chi connectivity index (χ0) is 15.1. The van der Waals surface area contributed by atoms with Gasteiger partial charge in [0.1, 0.15) is 0 Å². The van der Waals surface area contributed by atoms with Crippen molar-refractivity contribution in [1.29, 1.82) is 0 Å². The van der Waals surface area contributed by atoms with Gasteiger partial charge in [-0.1, -0.05) is 26.0 Å². The van der Waals surface area contributed by atoms with Crippen LogP contribution in [-0.4, -0.2) is 35.2 Å². The molecule has 0 saturated carbocycles. The van der Waals surface area contributed by atoms with Crippen molar-refractivity contribution in [1.82, 2.24) is 15.0 Å². The first kappa shape index (κ1) is 15.5. The molecule has 2 rings (SSSR count). The summed E-state index contributed by atoms with van der Waals surface area (Å²) in [6, 6.07) is 0.630. The number of nitrogens with zero attached hydrogens (tertiary/aromatic N) is 3. The summed E-state index contributed by atoms with van der Waals surface area (Å²) < 4.78 is 11.2. The van der Waals surface area contributed by atoms with Gasteiger partial charge in [-0.2, -0.15) is 9.97 Å². The molecule has 0 bridgehead atoms. The van der Waals surface area contributed by atoms with Crippen LogP contribution in [-0.2, 0) is 0 Å². The normalized spacial score (nSPS) is 21.1. The van der Waals surface area contributed by atoms with Gasteiger partial charge in [0.2, 0.25) is 5.95 Å². The highest BCUT2D eigenvalue weighted by molar-refractivity contribution is 5.26. The lowest BCUT2D eigenvalue weighted by Crippen LogP contribution is -2.22. The second kappa shape index (κ2) is 7.81. The first-order chi connectivity index (χ1) is 10.2. The SMILES string of the molecule is CCCOc1nc(NC)nc(OCC2CC=CCC2C)n1. The van der Waals surface area contributed by atoms with Gasteiger partial charge in [0.15, 0.2) is 0 Å². The van der Waals surface area contributed by atoms with Crippen LogP contribution in [0.3, 0.4) is 0 Å². The van der Waals surface area contributed by atoms with Gasteiger partial charge < -0.3 is 14.8 Å². The molecule has 1 N–H and O–H groups in total. The first-order valence-electron chi connectivity index (χ1n) is 7.57. The third-order valence-electron chi connectivity index (χ3n) is 3.60. The molecular formula is C15H24N4O2. The molecule has 0 spiro atoms. The average molecular weight is 292 g/mol. The van der Waals surface area contributed by atoms with E-state index in [2.05, 4.69) is 39.3 Å². The number of rotatable bonds is 7. The van der Waals surface area contributed by atoms with Crippen molar-refractivity contribution in [2.45, 2.75) is 33.1 Å². The van der Waals surface area contributed by atoms with Gasteiger partial charge in [0.25, 0.3) is 0 Å². The van der Waals surface area contributed by atoms with Crippen molar-refractivity contribution in [2.24, 2.45) is 11.8 Å². The summed E-state index contributed by atoms with van der Waals surface area (Å²) in [5.41, 5.74) is 0. The predicted molar refractivity (Wildman–Crippen MR) is 81.7 cm³/mol. The average Bonchev–Trinajstić information content (AvgIpc) is 2.52. The van der Waals surface area contributed by atoms with E-state index in [1.54, 1.807) is 7.05 Å². The van der Waals surface area contributed by atoms with E-state index < -0.39 is 0 Å². The van der Waals surface area contributed by atoms with Crippen molar-refractivity contribution in [3.8, 4) is 12.0 Å². The maximum Gasteiger partial charge on any atom is 0.324 e. The Labute approximate surface area is 126 Å². The largest absolute Gasteiger partial charge is 0.463 e. The highest BCUT2D eigenvalue weighted by atomic mass is 16.5. The van der Waals surface area contributed by atoms with Crippen molar-refractivity contribution in [3.63, 3.8) is 0 Å². The number of allylic oxidation sites excluding steroid dienone is 2. The second-order valence-electron chi connectivity index (χ2n) is 5.31. The summed E-state index contributed by atoms with van der Waals surface area (Å²) in [5, 5.41) is 2.90. The highest BCUT2D eigenvalue weighted by Crippen LogP contribution is 2.25. The van der Waals surface area contributed by atoms with Crippen LogP contribution in [0.5, 0.6) is 12.0 Å². The number of ether oxygens (including phenoxy) is 2. The van der Waals surface area contributed by atoms with E-state index in [9.17, 15) is 0 Å². The third-order valence-corrected chi connectivity index (χ3v) is 3.60. The summed E-state index contributed by atoms with van der Waals surface area (Å²) >= 11 is 0. The molecule has 0 aliphatic heterocycles. The summed E-state index contributed by atoms with van der Waals surface area (Å²) in [5.74, 6) is 1.59. The fourth-order valence-corrected chi connectivity index (χ4v) is 2.19. The Hall–Kier alpha value is -1.85. The summed E-state index contributed by atoms with van der Waals surface area (Å²) in [4.78, 5) is 12.6. The molecule has 1 aromatic rings. The Bertz CT molecular complexity index is 479. The molecule has 2 unspecified atom stereocenters. The van der Waals surface area contributed by atoms with Gasteiger partial charge in [0.05, 0.1) is 13.2 Å². The van der Waals surface area contributed by atoms with Crippen LogP contribution < -0.4 is 14.8 Å². The molecule has 1 aliphatic rings. The predicted octanol–water partition coefficient (Wildman–Crippen LogP) is 2.68. The van der Waals surface area contributed by atoms with Gasteiger partial charge in [-0.05, 0) is 31.1 Å². The van der Waals surface area contributed by atoms with Crippen LogP contribution in [0.2, 0.25) is 0 Å². The lowest BCUT2D eigenvalue weighted by atomic mass is 9.85. The molecule has 21 heavy (non-hydrogen) atoms. The number of nitrogens with one attached hydrogen (secondary N) is 1. The van der Waals surface area contributed by atoms with Crippen LogP contribution in [0.1, 0.15) is 33.1 Å². The summed E-state index contributed by atoms with van der Waals surface area (Å²) in [7, 11) is 1.76. The van der Waals surface area contributed by atoms with Gasteiger partial charge in [-0.25, -0.2) is 0 Å². The van der Waals surface area contributed by atoms with Crippen LogP contribution in [0.25, 0.3) is 0 Å². The minimum Gasteiger partial charge on any atom is -0.463 e. The van der Waals surface area contributed by atoms with E-state index in [0.29, 0.717) is 43.0 Å². The lowest BCUT2D eigenvalue weighted by Gasteiger charge is -2.24. The Morgan fingerprint density at radius 3 is 2.52 bits per heavy atom. The fraction of sp³-hybridized carbons (Fsp3) is 0.667. The molecule has 116 valence electrons. The molecule has 0 radical (unpaired) electrons. The molecule has 0 aromatic carbocycles. The third kappa shape index (κ3) is 4.58. The monoisotopic (exact) mass is 292 g/mol. The Kier molecular flexibility index (Phi) is 5.78. The Morgan fingerprint density at radius 1 is 1.14 bits per heavy atom. The maximum absolute atomic E-state index is 5.76. The van der Waals surface area contributed by atoms with Crippen LogP contribution in [0, 0.1) is 11.8 Å². The van der Waals surface area contributed by atoms with E-state index in [0.717, 1.165) is 19.3 Å². The van der Waals surface area contributed by atoms with Crippen LogP contribution in [0.15, 0.2) is 12.2 Å². The van der Waals surface area contributed by atoms with E-state index in [1.165, 1.54) is 0 Å². The quantitative estimate of drug-likeness (QED) is 0.779. The van der Waals surface area contributed by atoms with E-state index in [1.807, 2.05) is 6.92 Å². The maximum atomic E-state index is 5.76. The van der Waals surface area contributed by atoms with Gasteiger partial charge in [-0.15, -0.1) is 4.98 Å². The molecule has 0 amide bonds. The topological polar surface area (TPSA) is 69.2 Å². The van der Waals surface area contributed by atoms with Crippen molar-refractivity contribution < 1.29 is 9.47 Å². The summed E-state index contributed by atoms with van der Waals surface area (Å²) in [6.45, 7) is 5.48. The zero-order valence-electron chi connectivity index (χ0n) is 13.0. The number of anilines is 1.